The molecule has 1 aliphatic heterocycles. The molecule has 3 nitrogen and oxygen atoms in total. The first-order chi connectivity index (χ1) is 6.77. The molecule has 14 heavy (non-hydrogen) atoms. The van der Waals surface area contributed by atoms with Gasteiger partial charge in [0.2, 0.25) is 0 Å². The number of nitrogens with zero attached hydrogens (tertiary/aromatic N) is 2. The van der Waals surface area contributed by atoms with Crippen molar-refractivity contribution in [3.63, 3.8) is 0 Å². The van der Waals surface area contributed by atoms with Crippen LogP contribution in [0.2, 0.25) is 0 Å². The summed E-state index contributed by atoms with van der Waals surface area (Å²) >= 11 is 0. The second-order valence-corrected chi connectivity index (χ2v) is 4.34. The summed E-state index contributed by atoms with van der Waals surface area (Å²) in [5.74, 6) is 0. The number of rotatable bonds is 5. The number of hydrogen-bond acceptors (Lipinski definition) is 3. The van der Waals surface area contributed by atoms with Crippen LogP contribution in [0.1, 0.15) is 26.2 Å². The molecular formula is C11H25N3. The van der Waals surface area contributed by atoms with Crippen molar-refractivity contribution < 1.29 is 0 Å². The number of hydrogen-bond donors (Lipinski definition) is 1. The highest BCUT2D eigenvalue weighted by atomic mass is 15.2. The molecule has 1 saturated heterocycles. The van der Waals surface area contributed by atoms with Gasteiger partial charge in [-0.15, -0.1) is 0 Å². The molecule has 2 N–H and O–H groups in total. The van der Waals surface area contributed by atoms with Gasteiger partial charge in [0.25, 0.3) is 0 Å². The summed E-state index contributed by atoms with van der Waals surface area (Å²) in [7, 11) is 2.26. The molecule has 0 bridgehead atoms. The predicted molar refractivity (Wildman–Crippen MR) is 61.4 cm³/mol. The molecule has 0 aromatic carbocycles. The molecule has 0 spiro atoms. The molecule has 0 amide bonds. The summed E-state index contributed by atoms with van der Waals surface area (Å²) in [6.07, 6.45) is 3.90. The van der Waals surface area contributed by atoms with Crippen LogP contribution in [0, 0.1) is 0 Å². The normalized spacial score (nSPS) is 20.6. The van der Waals surface area contributed by atoms with E-state index in [1.807, 2.05) is 0 Å². The standard InChI is InChI=1S/C11H25N3/c1-3-7-13(2)11-4-8-14(9-5-11)10-6-12/h11H,3-10,12H2,1-2H3. The smallest absolute Gasteiger partial charge is 0.0117 e. The fraction of sp³-hybridized carbons (Fsp3) is 1.00. The van der Waals surface area contributed by atoms with E-state index in [1.165, 1.54) is 38.9 Å². The lowest BCUT2D eigenvalue weighted by atomic mass is 10.0. The summed E-state index contributed by atoms with van der Waals surface area (Å²) in [4.78, 5) is 5.00. The van der Waals surface area contributed by atoms with Crippen molar-refractivity contribution in [2.45, 2.75) is 32.2 Å². The van der Waals surface area contributed by atoms with Crippen molar-refractivity contribution >= 4 is 0 Å². The maximum Gasteiger partial charge on any atom is 0.0117 e. The van der Waals surface area contributed by atoms with Gasteiger partial charge in [-0.05, 0) is 45.9 Å². The molecule has 0 aliphatic carbocycles. The van der Waals surface area contributed by atoms with Crippen LogP contribution in [-0.2, 0) is 0 Å². The second kappa shape index (κ2) is 6.38. The van der Waals surface area contributed by atoms with Gasteiger partial charge in [-0.2, -0.15) is 0 Å². The highest BCUT2D eigenvalue weighted by molar-refractivity contribution is 4.78. The molecule has 84 valence electrons. The topological polar surface area (TPSA) is 32.5 Å². The molecule has 1 aliphatic rings. The van der Waals surface area contributed by atoms with Crippen molar-refractivity contribution in [1.82, 2.24) is 9.80 Å². The van der Waals surface area contributed by atoms with E-state index in [0.717, 1.165) is 19.1 Å². The summed E-state index contributed by atoms with van der Waals surface area (Å²) in [5.41, 5.74) is 5.55. The van der Waals surface area contributed by atoms with Gasteiger partial charge < -0.3 is 15.5 Å². The van der Waals surface area contributed by atoms with Crippen LogP contribution in [0.4, 0.5) is 0 Å². The predicted octanol–water partition coefficient (Wildman–Crippen LogP) is 0.751. The van der Waals surface area contributed by atoms with Gasteiger partial charge in [0.05, 0.1) is 0 Å². The Morgan fingerprint density at radius 1 is 1.36 bits per heavy atom. The molecule has 0 radical (unpaired) electrons. The monoisotopic (exact) mass is 199 g/mol. The zero-order valence-electron chi connectivity index (χ0n) is 9.71. The van der Waals surface area contributed by atoms with Crippen LogP contribution in [0.3, 0.4) is 0 Å². The molecular weight excluding hydrogens is 174 g/mol. The minimum Gasteiger partial charge on any atom is -0.329 e. The van der Waals surface area contributed by atoms with E-state index in [4.69, 9.17) is 5.73 Å². The van der Waals surface area contributed by atoms with E-state index in [2.05, 4.69) is 23.8 Å². The lowest BCUT2D eigenvalue weighted by Gasteiger charge is -2.36. The fourth-order valence-electron chi connectivity index (χ4n) is 2.30. The Hall–Kier alpha value is -0.120. The average Bonchev–Trinajstić information content (AvgIpc) is 2.20. The van der Waals surface area contributed by atoms with Gasteiger partial charge in [-0.1, -0.05) is 6.92 Å². The molecule has 1 fully saturated rings. The van der Waals surface area contributed by atoms with Crippen molar-refractivity contribution in [2.24, 2.45) is 5.73 Å². The van der Waals surface area contributed by atoms with E-state index in [0.29, 0.717) is 0 Å². The number of likely N-dealkylation sites (tertiary alicyclic amines) is 1. The van der Waals surface area contributed by atoms with Crippen molar-refractivity contribution in [3.8, 4) is 0 Å². The largest absolute Gasteiger partial charge is 0.329 e. The van der Waals surface area contributed by atoms with Crippen molar-refractivity contribution in [3.05, 3.63) is 0 Å². The maximum atomic E-state index is 5.55. The van der Waals surface area contributed by atoms with Crippen LogP contribution < -0.4 is 5.73 Å². The van der Waals surface area contributed by atoms with Gasteiger partial charge in [-0.3, -0.25) is 0 Å². The van der Waals surface area contributed by atoms with Gasteiger partial charge in [0, 0.05) is 19.1 Å². The van der Waals surface area contributed by atoms with Crippen molar-refractivity contribution in [1.29, 1.82) is 0 Å². The Balaban J connectivity index is 2.21. The fourth-order valence-corrected chi connectivity index (χ4v) is 2.30. The molecule has 0 aromatic rings. The third-order valence-electron chi connectivity index (χ3n) is 3.20. The first kappa shape index (κ1) is 12.0. The maximum absolute atomic E-state index is 5.55. The van der Waals surface area contributed by atoms with E-state index >= 15 is 0 Å². The summed E-state index contributed by atoms with van der Waals surface area (Å²) in [6, 6.07) is 0.809. The zero-order valence-corrected chi connectivity index (χ0v) is 9.71. The summed E-state index contributed by atoms with van der Waals surface area (Å²) in [6.45, 7) is 7.83. The Morgan fingerprint density at radius 2 is 2.00 bits per heavy atom. The summed E-state index contributed by atoms with van der Waals surface area (Å²) < 4.78 is 0. The first-order valence-electron chi connectivity index (χ1n) is 5.90. The minimum atomic E-state index is 0.801. The molecule has 0 saturated carbocycles. The Morgan fingerprint density at radius 3 is 2.50 bits per heavy atom. The van der Waals surface area contributed by atoms with E-state index in [9.17, 15) is 0 Å². The molecule has 0 atom stereocenters. The Bertz CT molecular complexity index is 141. The van der Waals surface area contributed by atoms with E-state index in [-0.39, 0.29) is 0 Å². The summed E-state index contributed by atoms with van der Waals surface area (Å²) in [5, 5.41) is 0. The van der Waals surface area contributed by atoms with Crippen LogP contribution in [-0.4, -0.2) is 55.6 Å². The Kier molecular flexibility index (Phi) is 5.45. The molecule has 1 rings (SSSR count). The van der Waals surface area contributed by atoms with Crippen LogP contribution in [0.15, 0.2) is 0 Å². The second-order valence-electron chi connectivity index (χ2n) is 4.34. The third-order valence-corrected chi connectivity index (χ3v) is 3.20. The van der Waals surface area contributed by atoms with Gasteiger partial charge >= 0.3 is 0 Å². The van der Waals surface area contributed by atoms with Gasteiger partial charge in [0.1, 0.15) is 0 Å². The van der Waals surface area contributed by atoms with E-state index < -0.39 is 0 Å². The van der Waals surface area contributed by atoms with Gasteiger partial charge in [-0.25, -0.2) is 0 Å². The zero-order chi connectivity index (χ0) is 10.4. The third kappa shape index (κ3) is 3.56. The highest BCUT2D eigenvalue weighted by Crippen LogP contribution is 2.14. The highest BCUT2D eigenvalue weighted by Gasteiger charge is 2.20. The molecule has 3 heteroatoms. The average molecular weight is 199 g/mol. The quantitative estimate of drug-likeness (QED) is 0.709. The Labute approximate surface area is 88.2 Å². The first-order valence-corrected chi connectivity index (χ1v) is 5.90. The number of piperidine rings is 1. The van der Waals surface area contributed by atoms with Crippen LogP contribution >= 0.6 is 0 Å². The SMILES string of the molecule is CCCN(C)C1CCN(CCN)CC1. The van der Waals surface area contributed by atoms with Gasteiger partial charge in [0.15, 0.2) is 0 Å². The van der Waals surface area contributed by atoms with Crippen LogP contribution in [0.5, 0.6) is 0 Å². The van der Waals surface area contributed by atoms with Crippen LogP contribution in [0.25, 0.3) is 0 Å². The molecule has 0 aromatic heterocycles. The minimum absolute atomic E-state index is 0.801. The number of nitrogens with two attached hydrogens (primary N) is 1. The van der Waals surface area contributed by atoms with Crippen molar-refractivity contribution in [2.75, 3.05) is 39.8 Å². The van der Waals surface area contributed by atoms with E-state index in [1.54, 1.807) is 0 Å². The lowest BCUT2D eigenvalue weighted by Crippen LogP contribution is -2.44. The molecule has 1 heterocycles. The lowest BCUT2D eigenvalue weighted by molar-refractivity contribution is 0.130. The molecule has 0 unspecified atom stereocenters.